The van der Waals surface area contributed by atoms with Crippen molar-refractivity contribution in [2.24, 2.45) is 0 Å². The van der Waals surface area contributed by atoms with E-state index < -0.39 is 0 Å². The van der Waals surface area contributed by atoms with E-state index in [-0.39, 0.29) is 11.9 Å². The van der Waals surface area contributed by atoms with Crippen molar-refractivity contribution in [1.82, 2.24) is 24.6 Å². The van der Waals surface area contributed by atoms with Gasteiger partial charge in [0.25, 0.3) is 5.91 Å². The number of aromatic amines is 1. The minimum atomic E-state index is 0.0289. The molecule has 0 aliphatic carbocycles. The molecular formula is C18H19N5O. The zero-order chi connectivity index (χ0) is 16.5. The van der Waals surface area contributed by atoms with E-state index in [4.69, 9.17) is 0 Å². The molecule has 24 heavy (non-hydrogen) atoms. The summed E-state index contributed by atoms with van der Waals surface area (Å²) in [6.07, 6.45) is 4.36. The molecule has 1 aliphatic heterocycles. The maximum Gasteiger partial charge on any atom is 0.255 e. The summed E-state index contributed by atoms with van der Waals surface area (Å²) in [5, 5.41) is 8.49. The number of benzene rings is 1. The monoisotopic (exact) mass is 321 g/mol. The number of fused-ring (bicyclic) bond motifs is 1. The minimum Gasteiger partial charge on any atom is -0.367 e. The average Bonchev–Trinajstić information content (AvgIpc) is 3.25. The van der Waals surface area contributed by atoms with E-state index in [0.717, 1.165) is 18.1 Å². The number of nitrogens with one attached hydrogen (secondary N) is 1. The number of hydrogen-bond acceptors (Lipinski definition) is 3. The third-order valence-electron chi connectivity index (χ3n) is 4.51. The van der Waals surface area contributed by atoms with Crippen LogP contribution in [0.25, 0.3) is 0 Å². The van der Waals surface area contributed by atoms with E-state index in [9.17, 15) is 4.79 Å². The van der Waals surface area contributed by atoms with E-state index >= 15 is 0 Å². The van der Waals surface area contributed by atoms with Crippen molar-refractivity contribution in [3.8, 4) is 0 Å². The van der Waals surface area contributed by atoms with Crippen LogP contribution in [-0.4, -0.2) is 37.1 Å². The highest BCUT2D eigenvalue weighted by atomic mass is 16.2. The summed E-state index contributed by atoms with van der Waals surface area (Å²) in [6, 6.07) is 12.3. The molecule has 122 valence electrons. The van der Waals surface area contributed by atoms with Crippen molar-refractivity contribution in [1.29, 1.82) is 0 Å². The first-order chi connectivity index (χ1) is 11.7. The van der Waals surface area contributed by atoms with Gasteiger partial charge in [-0.25, -0.2) is 0 Å². The molecule has 1 atom stereocenters. The van der Waals surface area contributed by atoms with Gasteiger partial charge in [0.2, 0.25) is 0 Å². The van der Waals surface area contributed by atoms with E-state index in [2.05, 4.69) is 31.9 Å². The van der Waals surface area contributed by atoms with Crippen LogP contribution >= 0.6 is 0 Å². The van der Waals surface area contributed by atoms with Gasteiger partial charge in [0.1, 0.15) is 5.82 Å². The van der Waals surface area contributed by atoms with E-state index in [1.807, 2.05) is 30.0 Å². The standard InChI is InChI=1S/C18H19N5O/c1-13-20-21-17-12-22(18(24)15-7-8-19-10-15)11-16(23(13)17)9-14-5-3-2-4-6-14/h2-8,10,16,19H,9,11-12H2,1H3/t16-/m1/s1. The van der Waals surface area contributed by atoms with Crippen LogP contribution in [0, 0.1) is 6.92 Å². The summed E-state index contributed by atoms with van der Waals surface area (Å²) in [7, 11) is 0. The molecule has 0 bridgehead atoms. The summed E-state index contributed by atoms with van der Waals surface area (Å²) < 4.78 is 2.17. The molecule has 0 saturated heterocycles. The summed E-state index contributed by atoms with van der Waals surface area (Å²) >= 11 is 0. The van der Waals surface area contributed by atoms with Crippen LogP contribution in [0.1, 0.15) is 33.6 Å². The molecule has 1 aliphatic rings. The summed E-state index contributed by atoms with van der Waals surface area (Å²) in [4.78, 5) is 17.5. The Morgan fingerprint density at radius 1 is 1.25 bits per heavy atom. The van der Waals surface area contributed by atoms with Crippen molar-refractivity contribution in [3.63, 3.8) is 0 Å². The number of H-pyrrole nitrogens is 1. The molecule has 0 radical (unpaired) electrons. The van der Waals surface area contributed by atoms with Crippen molar-refractivity contribution >= 4 is 5.91 Å². The highest BCUT2D eigenvalue weighted by molar-refractivity contribution is 5.94. The number of amides is 1. The first-order valence-corrected chi connectivity index (χ1v) is 8.09. The number of carbonyl (C=O) groups excluding carboxylic acids is 1. The van der Waals surface area contributed by atoms with Gasteiger partial charge in [-0.05, 0) is 25.0 Å². The van der Waals surface area contributed by atoms with Crippen LogP contribution in [0.2, 0.25) is 0 Å². The number of hydrogen-bond donors (Lipinski definition) is 1. The molecule has 4 rings (SSSR count). The molecule has 1 N–H and O–H groups in total. The van der Waals surface area contributed by atoms with Gasteiger partial charge in [-0.15, -0.1) is 10.2 Å². The summed E-state index contributed by atoms with van der Waals surface area (Å²) in [5.41, 5.74) is 1.93. The Bertz CT molecular complexity index is 838. The molecule has 6 nitrogen and oxygen atoms in total. The predicted molar refractivity (Wildman–Crippen MR) is 89.5 cm³/mol. The largest absolute Gasteiger partial charge is 0.367 e. The normalized spacial score (nSPS) is 16.9. The van der Waals surface area contributed by atoms with E-state index in [1.165, 1.54) is 5.56 Å². The van der Waals surface area contributed by atoms with Gasteiger partial charge >= 0.3 is 0 Å². The quantitative estimate of drug-likeness (QED) is 0.805. The number of rotatable bonds is 3. The predicted octanol–water partition coefficient (Wildman–Crippen LogP) is 2.35. The van der Waals surface area contributed by atoms with Crippen molar-refractivity contribution in [2.45, 2.75) is 25.9 Å². The van der Waals surface area contributed by atoms with Gasteiger partial charge in [0.15, 0.2) is 5.82 Å². The fourth-order valence-electron chi connectivity index (χ4n) is 3.40. The van der Waals surface area contributed by atoms with E-state index in [0.29, 0.717) is 18.7 Å². The lowest BCUT2D eigenvalue weighted by Gasteiger charge is -2.34. The molecule has 0 spiro atoms. The smallest absolute Gasteiger partial charge is 0.255 e. The molecule has 3 heterocycles. The molecule has 1 aromatic carbocycles. The van der Waals surface area contributed by atoms with Crippen molar-refractivity contribution in [3.05, 3.63) is 71.6 Å². The number of nitrogens with zero attached hydrogens (tertiary/aromatic N) is 4. The number of carbonyl (C=O) groups is 1. The second kappa shape index (κ2) is 5.96. The lowest BCUT2D eigenvalue weighted by atomic mass is 10.0. The first kappa shape index (κ1) is 14.7. The summed E-state index contributed by atoms with van der Waals surface area (Å²) in [5.74, 6) is 1.78. The average molecular weight is 321 g/mol. The molecule has 0 fully saturated rings. The molecule has 0 unspecified atom stereocenters. The molecule has 1 amide bonds. The third-order valence-corrected chi connectivity index (χ3v) is 4.51. The number of aryl methyl sites for hydroxylation is 1. The number of aromatic nitrogens is 4. The highest BCUT2D eigenvalue weighted by Gasteiger charge is 2.31. The lowest BCUT2D eigenvalue weighted by Crippen LogP contribution is -2.42. The Labute approximate surface area is 140 Å². The fourth-order valence-corrected chi connectivity index (χ4v) is 3.40. The molecule has 6 heteroatoms. The third kappa shape index (κ3) is 2.60. The Hall–Kier alpha value is -2.89. The topological polar surface area (TPSA) is 66.8 Å². The minimum absolute atomic E-state index is 0.0289. The molecule has 3 aromatic rings. The SMILES string of the molecule is Cc1nnc2n1[C@H](Cc1ccccc1)CN(C(=O)c1cc[nH]c1)C2. The maximum absolute atomic E-state index is 12.7. The lowest BCUT2D eigenvalue weighted by molar-refractivity contribution is 0.0672. The molecule has 2 aromatic heterocycles. The van der Waals surface area contributed by atoms with Crippen LogP contribution in [0.3, 0.4) is 0 Å². The highest BCUT2D eigenvalue weighted by Crippen LogP contribution is 2.26. The van der Waals surface area contributed by atoms with Gasteiger partial charge in [0.05, 0.1) is 18.2 Å². The maximum atomic E-state index is 12.7. The van der Waals surface area contributed by atoms with Crippen LogP contribution in [-0.2, 0) is 13.0 Å². The van der Waals surface area contributed by atoms with Gasteiger partial charge in [-0.3, -0.25) is 4.79 Å². The Morgan fingerprint density at radius 2 is 2.08 bits per heavy atom. The molecule has 0 saturated carbocycles. The van der Waals surface area contributed by atoms with Crippen molar-refractivity contribution < 1.29 is 4.79 Å². The van der Waals surface area contributed by atoms with Crippen molar-refractivity contribution in [2.75, 3.05) is 6.54 Å². The van der Waals surface area contributed by atoms with Crippen LogP contribution in [0.5, 0.6) is 0 Å². The zero-order valence-corrected chi connectivity index (χ0v) is 13.5. The first-order valence-electron chi connectivity index (χ1n) is 8.09. The van der Waals surface area contributed by atoms with Crippen LogP contribution < -0.4 is 0 Å². The van der Waals surface area contributed by atoms with Crippen LogP contribution in [0.15, 0.2) is 48.8 Å². The van der Waals surface area contributed by atoms with Crippen LogP contribution in [0.4, 0.5) is 0 Å². The van der Waals surface area contributed by atoms with Gasteiger partial charge in [0, 0.05) is 18.9 Å². The molecular weight excluding hydrogens is 302 g/mol. The van der Waals surface area contributed by atoms with Gasteiger partial charge in [-0.2, -0.15) is 0 Å². The van der Waals surface area contributed by atoms with E-state index in [1.54, 1.807) is 18.5 Å². The van der Waals surface area contributed by atoms with Gasteiger partial charge in [-0.1, -0.05) is 30.3 Å². The Balaban J connectivity index is 1.64. The zero-order valence-electron chi connectivity index (χ0n) is 13.5. The second-order valence-corrected chi connectivity index (χ2v) is 6.16. The second-order valence-electron chi connectivity index (χ2n) is 6.16. The van der Waals surface area contributed by atoms with Gasteiger partial charge < -0.3 is 14.5 Å². The summed E-state index contributed by atoms with van der Waals surface area (Å²) in [6.45, 7) is 3.12. The fraction of sp³-hybridized carbons (Fsp3) is 0.278. The Kier molecular flexibility index (Phi) is 3.65. The Morgan fingerprint density at radius 3 is 2.83 bits per heavy atom.